The summed E-state index contributed by atoms with van der Waals surface area (Å²) in [6, 6.07) is 9.79. The standard InChI is InChI=1S/C24H33N3O4/c1-24(2,3)31-23(29)27-14-10-18(11-15-27)17-21(28)25-13-6-16-30-20-9-4-7-19-8-5-12-26-22(19)20/h4-5,7-9,12,18H,6,10-11,13-17H2,1-3H3,(H,25,28). The van der Waals surface area contributed by atoms with E-state index in [1.165, 1.54) is 0 Å². The van der Waals surface area contributed by atoms with Crippen LogP contribution in [-0.2, 0) is 9.53 Å². The Morgan fingerprint density at radius 1 is 1.16 bits per heavy atom. The van der Waals surface area contributed by atoms with Crippen LogP contribution >= 0.6 is 0 Å². The average Bonchev–Trinajstić information content (AvgIpc) is 2.73. The lowest BCUT2D eigenvalue weighted by atomic mass is 9.93. The molecule has 0 atom stereocenters. The van der Waals surface area contributed by atoms with Crippen LogP contribution in [0.3, 0.4) is 0 Å². The van der Waals surface area contributed by atoms with Gasteiger partial charge in [-0.1, -0.05) is 18.2 Å². The van der Waals surface area contributed by atoms with Gasteiger partial charge in [-0.15, -0.1) is 0 Å². The van der Waals surface area contributed by atoms with E-state index in [9.17, 15) is 9.59 Å². The Morgan fingerprint density at radius 2 is 1.90 bits per heavy atom. The fourth-order valence-corrected chi connectivity index (χ4v) is 3.66. The molecule has 0 aliphatic carbocycles. The largest absolute Gasteiger partial charge is 0.491 e. The summed E-state index contributed by atoms with van der Waals surface area (Å²) in [5, 5.41) is 4.03. The highest BCUT2D eigenvalue weighted by Gasteiger charge is 2.27. The molecule has 1 N–H and O–H groups in total. The normalized spacial score (nSPS) is 15.0. The van der Waals surface area contributed by atoms with E-state index in [4.69, 9.17) is 9.47 Å². The molecule has 2 aromatic rings. The van der Waals surface area contributed by atoms with Crippen molar-refractivity contribution in [3.05, 3.63) is 36.5 Å². The van der Waals surface area contributed by atoms with Gasteiger partial charge in [-0.3, -0.25) is 9.78 Å². The molecule has 1 fully saturated rings. The van der Waals surface area contributed by atoms with Crippen molar-refractivity contribution < 1.29 is 19.1 Å². The topological polar surface area (TPSA) is 80.8 Å². The van der Waals surface area contributed by atoms with Gasteiger partial charge in [0, 0.05) is 37.6 Å². The predicted molar refractivity (Wildman–Crippen MR) is 120 cm³/mol. The summed E-state index contributed by atoms with van der Waals surface area (Å²) in [7, 11) is 0. The number of benzene rings is 1. The minimum atomic E-state index is -0.484. The molecule has 31 heavy (non-hydrogen) atoms. The molecule has 1 aromatic heterocycles. The average molecular weight is 428 g/mol. The number of hydrogen-bond acceptors (Lipinski definition) is 5. The number of likely N-dealkylation sites (tertiary alicyclic amines) is 1. The number of carbonyl (C=O) groups excluding carboxylic acids is 2. The summed E-state index contributed by atoms with van der Waals surface area (Å²) in [4.78, 5) is 30.5. The summed E-state index contributed by atoms with van der Waals surface area (Å²) in [6.07, 6.45) is 4.36. The molecule has 1 aliphatic rings. The molecule has 2 amide bonds. The molecule has 168 valence electrons. The number of hydrogen-bond donors (Lipinski definition) is 1. The van der Waals surface area contributed by atoms with Crippen molar-refractivity contribution in [3.63, 3.8) is 0 Å². The number of amides is 2. The zero-order valence-electron chi connectivity index (χ0n) is 18.7. The van der Waals surface area contributed by atoms with E-state index in [0.717, 1.165) is 35.9 Å². The van der Waals surface area contributed by atoms with Crippen molar-refractivity contribution >= 4 is 22.9 Å². The predicted octanol–water partition coefficient (Wildman–Crippen LogP) is 4.16. The Bertz CT molecular complexity index is 881. The van der Waals surface area contributed by atoms with E-state index >= 15 is 0 Å². The fourth-order valence-electron chi connectivity index (χ4n) is 3.66. The Kier molecular flexibility index (Phi) is 7.71. The number of fused-ring (bicyclic) bond motifs is 1. The van der Waals surface area contributed by atoms with Crippen LogP contribution in [-0.4, -0.2) is 53.7 Å². The lowest BCUT2D eigenvalue weighted by Crippen LogP contribution is -2.42. The van der Waals surface area contributed by atoms with Crippen molar-refractivity contribution in [1.82, 2.24) is 15.2 Å². The van der Waals surface area contributed by atoms with Crippen LogP contribution in [0.5, 0.6) is 5.75 Å². The number of carbonyl (C=O) groups is 2. The first-order valence-corrected chi connectivity index (χ1v) is 11.0. The summed E-state index contributed by atoms with van der Waals surface area (Å²) >= 11 is 0. The number of piperidine rings is 1. The van der Waals surface area contributed by atoms with E-state index in [1.807, 2.05) is 51.1 Å². The number of aromatic nitrogens is 1. The van der Waals surface area contributed by atoms with Crippen LogP contribution < -0.4 is 10.1 Å². The van der Waals surface area contributed by atoms with Gasteiger partial charge in [-0.25, -0.2) is 4.79 Å². The maximum Gasteiger partial charge on any atom is 0.410 e. The third kappa shape index (κ3) is 7.12. The highest BCUT2D eigenvalue weighted by atomic mass is 16.6. The summed E-state index contributed by atoms with van der Waals surface area (Å²) in [6.45, 7) is 7.97. The van der Waals surface area contributed by atoms with E-state index in [0.29, 0.717) is 38.6 Å². The molecule has 0 bridgehead atoms. The van der Waals surface area contributed by atoms with Gasteiger partial charge in [-0.05, 0) is 58.1 Å². The molecule has 2 heterocycles. The smallest absolute Gasteiger partial charge is 0.410 e. The van der Waals surface area contributed by atoms with E-state index < -0.39 is 5.60 Å². The van der Waals surface area contributed by atoms with Gasteiger partial charge in [-0.2, -0.15) is 0 Å². The Balaban J connectivity index is 1.31. The lowest BCUT2D eigenvalue weighted by Gasteiger charge is -2.33. The summed E-state index contributed by atoms with van der Waals surface area (Å²) in [5.74, 6) is 1.13. The molecular weight excluding hydrogens is 394 g/mol. The van der Waals surface area contributed by atoms with Crippen molar-refractivity contribution in [3.8, 4) is 5.75 Å². The van der Waals surface area contributed by atoms with Gasteiger partial charge in [0.2, 0.25) is 5.91 Å². The molecule has 7 heteroatoms. The monoisotopic (exact) mass is 427 g/mol. The van der Waals surface area contributed by atoms with E-state index in [2.05, 4.69) is 10.3 Å². The second kappa shape index (κ2) is 10.5. The maximum atomic E-state index is 12.3. The molecule has 3 rings (SSSR count). The number of rotatable bonds is 7. The molecule has 1 aliphatic heterocycles. The molecule has 1 saturated heterocycles. The third-order valence-corrected chi connectivity index (χ3v) is 5.24. The van der Waals surface area contributed by atoms with Crippen molar-refractivity contribution in [2.75, 3.05) is 26.2 Å². The first-order valence-electron chi connectivity index (χ1n) is 11.0. The van der Waals surface area contributed by atoms with Crippen LogP contribution in [0.4, 0.5) is 4.79 Å². The zero-order valence-corrected chi connectivity index (χ0v) is 18.7. The van der Waals surface area contributed by atoms with Crippen molar-refractivity contribution in [1.29, 1.82) is 0 Å². The van der Waals surface area contributed by atoms with Crippen LogP contribution in [0.25, 0.3) is 10.9 Å². The van der Waals surface area contributed by atoms with Gasteiger partial charge >= 0.3 is 6.09 Å². The lowest BCUT2D eigenvalue weighted by molar-refractivity contribution is -0.122. The van der Waals surface area contributed by atoms with Gasteiger partial charge < -0.3 is 19.7 Å². The van der Waals surface area contributed by atoms with Crippen LogP contribution in [0.15, 0.2) is 36.5 Å². The third-order valence-electron chi connectivity index (χ3n) is 5.24. The molecular formula is C24H33N3O4. The molecule has 0 saturated carbocycles. The van der Waals surface area contributed by atoms with Crippen LogP contribution in [0.1, 0.15) is 46.5 Å². The Hall–Kier alpha value is -2.83. The minimum Gasteiger partial charge on any atom is -0.491 e. The highest BCUT2D eigenvalue weighted by molar-refractivity contribution is 5.84. The number of para-hydroxylation sites is 1. The molecule has 0 radical (unpaired) electrons. The first kappa shape index (κ1) is 22.8. The number of pyridine rings is 1. The maximum absolute atomic E-state index is 12.3. The zero-order chi connectivity index (χ0) is 22.3. The van der Waals surface area contributed by atoms with Crippen molar-refractivity contribution in [2.24, 2.45) is 5.92 Å². The molecule has 7 nitrogen and oxygen atoms in total. The SMILES string of the molecule is CC(C)(C)OC(=O)N1CCC(CC(=O)NCCCOc2cccc3cccnc23)CC1. The van der Waals surface area contributed by atoms with Gasteiger partial charge in [0.15, 0.2) is 0 Å². The van der Waals surface area contributed by atoms with Crippen molar-refractivity contribution in [2.45, 2.75) is 52.1 Å². The molecule has 1 aromatic carbocycles. The van der Waals surface area contributed by atoms with Crippen LogP contribution in [0, 0.1) is 5.92 Å². The quantitative estimate of drug-likeness (QED) is 0.671. The molecule has 0 spiro atoms. The number of ether oxygens (including phenoxy) is 2. The van der Waals surface area contributed by atoms with Gasteiger partial charge in [0.05, 0.1) is 6.61 Å². The highest BCUT2D eigenvalue weighted by Crippen LogP contribution is 2.23. The van der Waals surface area contributed by atoms with E-state index in [-0.39, 0.29) is 12.0 Å². The fraction of sp³-hybridized carbons (Fsp3) is 0.542. The first-order chi connectivity index (χ1) is 14.8. The second-order valence-corrected chi connectivity index (χ2v) is 9.00. The Labute approximate surface area is 184 Å². The number of nitrogens with zero attached hydrogens (tertiary/aromatic N) is 2. The van der Waals surface area contributed by atoms with E-state index in [1.54, 1.807) is 11.1 Å². The Morgan fingerprint density at radius 3 is 2.65 bits per heavy atom. The second-order valence-electron chi connectivity index (χ2n) is 9.00. The summed E-state index contributed by atoms with van der Waals surface area (Å²) < 4.78 is 11.3. The van der Waals surface area contributed by atoms with Gasteiger partial charge in [0.1, 0.15) is 16.9 Å². The minimum absolute atomic E-state index is 0.0579. The van der Waals surface area contributed by atoms with Crippen LogP contribution in [0.2, 0.25) is 0 Å². The number of nitrogens with one attached hydrogen (secondary N) is 1. The van der Waals surface area contributed by atoms with Gasteiger partial charge in [0.25, 0.3) is 0 Å². The molecule has 0 unspecified atom stereocenters. The summed E-state index contributed by atoms with van der Waals surface area (Å²) in [5.41, 5.74) is 0.369.